The topological polar surface area (TPSA) is 82.1 Å². The molecule has 0 aromatic heterocycles. The Morgan fingerprint density at radius 1 is 0.818 bits per heavy atom. The van der Waals surface area contributed by atoms with Gasteiger partial charge in [-0.15, -0.1) is 0 Å². The molecule has 0 radical (unpaired) electrons. The lowest BCUT2D eigenvalue weighted by atomic mass is 10.0. The summed E-state index contributed by atoms with van der Waals surface area (Å²) in [6.07, 6.45) is 0.301. The number of hydrogen-bond donors (Lipinski definition) is 1. The lowest BCUT2D eigenvalue weighted by molar-refractivity contribution is -0.190. The normalized spacial score (nSPS) is 14.0. The summed E-state index contributed by atoms with van der Waals surface area (Å²) < 4.78 is 16.2. The minimum atomic E-state index is -1.75. The van der Waals surface area contributed by atoms with E-state index in [1.165, 1.54) is 16.3 Å². The number of carbonyl (C=O) groups excluding carboxylic acids is 2. The highest BCUT2D eigenvalue weighted by atomic mass is 16.6. The van der Waals surface area contributed by atoms with Crippen LogP contribution in [0.2, 0.25) is 0 Å². The molecule has 0 saturated carbocycles. The summed E-state index contributed by atoms with van der Waals surface area (Å²) in [4.78, 5) is 24.9. The highest BCUT2D eigenvalue weighted by molar-refractivity contribution is 5.86. The standard InChI is InChI=1S/C27H38O6/c1-26(2,3)32-24(29)22(28)23(25(30)33-27(4,5)6)31-17-11-7-8-12-19-15-16-20-13-9-10-14-21(20)18-19/h9-10,13-16,18,22-23,28H,7-8,11-12,17H2,1-6H3/t22-,23-/m1/s1. The quantitative estimate of drug-likeness (QED) is 0.399. The number of carbonyl (C=O) groups is 2. The number of aliphatic hydroxyl groups excluding tert-OH is 1. The van der Waals surface area contributed by atoms with Crippen LogP contribution in [0.4, 0.5) is 0 Å². The zero-order valence-corrected chi connectivity index (χ0v) is 20.7. The number of aliphatic hydroxyl groups is 1. The van der Waals surface area contributed by atoms with Crippen molar-refractivity contribution >= 4 is 22.7 Å². The van der Waals surface area contributed by atoms with Gasteiger partial charge >= 0.3 is 11.9 Å². The van der Waals surface area contributed by atoms with E-state index in [4.69, 9.17) is 14.2 Å². The molecule has 0 aliphatic carbocycles. The predicted octanol–water partition coefficient (Wildman–Crippen LogP) is 4.98. The van der Waals surface area contributed by atoms with E-state index in [2.05, 4.69) is 30.3 Å². The van der Waals surface area contributed by atoms with Crippen LogP contribution in [0.15, 0.2) is 42.5 Å². The van der Waals surface area contributed by atoms with Crippen molar-refractivity contribution in [2.45, 2.75) is 90.6 Å². The van der Waals surface area contributed by atoms with Crippen LogP contribution < -0.4 is 0 Å². The molecule has 0 bridgehead atoms. The third-order valence-corrected chi connectivity index (χ3v) is 4.80. The van der Waals surface area contributed by atoms with Crippen molar-refractivity contribution in [1.82, 2.24) is 0 Å². The van der Waals surface area contributed by atoms with Crippen LogP contribution in [0, 0.1) is 0 Å². The van der Waals surface area contributed by atoms with Crippen LogP contribution in [0.1, 0.15) is 66.4 Å². The van der Waals surface area contributed by atoms with Gasteiger partial charge in [-0.05, 0) is 77.1 Å². The Morgan fingerprint density at radius 2 is 1.42 bits per heavy atom. The molecule has 0 aliphatic heterocycles. The van der Waals surface area contributed by atoms with Crippen LogP contribution in [0.25, 0.3) is 10.8 Å². The van der Waals surface area contributed by atoms with Gasteiger partial charge < -0.3 is 19.3 Å². The molecule has 2 aromatic rings. The second kappa shape index (κ2) is 11.6. The molecule has 2 rings (SSSR count). The van der Waals surface area contributed by atoms with Crippen molar-refractivity contribution in [2.75, 3.05) is 6.61 Å². The molecule has 0 amide bonds. The Hall–Kier alpha value is -2.44. The Labute approximate surface area is 197 Å². The average molecular weight is 459 g/mol. The molecule has 0 unspecified atom stereocenters. The SMILES string of the molecule is CC(C)(C)OC(=O)[C@H](O)[C@@H](OCCCCCc1ccc2ccccc2c1)C(=O)OC(C)(C)C. The number of ether oxygens (including phenoxy) is 3. The summed E-state index contributed by atoms with van der Waals surface area (Å²) in [5.41, 5.74) is -0.285. The van der Waals surface area contributed by atoms with Crippen LogP contribution >= 0.6 is 0 Å². The van der Waals surface area contributed by atoms with E-state index in [1.807, 2.05) is 12.1 Å². The molecule has 33 heavy (non-hydrogen) atoms. The number of esters is 2. The van der Waals surface area contributed by atoms with Crippen LogP contribution in [0.3, 0.4) is 0 Å². The van der Waals surface area contributed by atoms with E-state index >= 15 is 0 Å². The molecular weight excluding hydrogens is 420 g/mol. The van der Waals surface area contributed by atoms with Gasteiger partial charge in [-0.2, -0.15) is 0 Å². The predicted molar refractivity (Wildman–Crippen MR) is 129 cm³/mol. The number of rotatable bonds is 10. The molecule has 6 nitrogen and oxygen atoms in total. The summed E-state index contributed by atoms with van der Waals surface area (Å²) >= 11 is 0. The lowest BCUT2D eigenvalue weighted by Crippen LogP contribution is -2.47. The van der Waals surface area contributed by atoms with E-state index in [-0.39, 0.29) is 6.61 Å². The van der Waals surface area contributed by atoms with Crippen LogP contribution in [-0.4, -0.2) is 47.1 Å². The van der Waals surface area contributed by atoms with Crippen molar-refractivity contribution in [3.05, 3.63) is 48.0 Å². The molecule has 1 N–H and O–H groups in total. The van der Waals surface area contributed by atoms with E-state index in [0.29, 0.717) is 6.42 Å². The smallest absolute Gasteiger partial charge is 0.339 e. The van der Waals surface area contributed by atoms with Gasteiger partial charge in [0.25, 0.3) is 0 Å². The molecule has 2 aromatic carbocycles. The maximum atomic E-state index is 12.6. The third kappa shape index (κ3) is 9.52. The first kappa shape index (κ1) is 26.8. The highest BCUT2D eigenvalue weighted by Gasteiger charge is 2.38. The van der Waals surface area contributed by atoms with Crippen molar-refractivity contribution in [1.29, 1.82) is 0 Å². The molecule has 0 heterocycles. The van der Waals surface area contributed by atoms with Gasteiger partial charge in [0, 0.05) is 6.61 Å². The van der Waals surface area contributed by atoms with Gasteiger partial charge in [0.2, 0.25) is 0 Å². The fraction of sp³-hybridized carbons (Fsp3) is 0.556. The van der Waals surface area contributed by atoms with E-state index in [9.17, 15) is 14.7 Å². The monoisotopic (exact) mass is 458 g/mol. The average Bonchev–Trinajstić information content (AvgIpc) is 2.70. The van der Waals surface area contributed by atoms with E-state index in [1.54, 1.807) is 41.5 Å². The molecule has 0 fully saturated rings. The molecule has 0 saturated heterocycles. The fourth-order valence-corrected chi connectivity index (χ4v) is 3.35. The molecule has 6 heteroatoms. The van der Waals surface area contributed by atoms with Gasteiger partial charge in [-0.1, -0.05) is 48.9 Å². The zero-order valence-electron chi connectivity index (χ0n) is 20.7. The summed E-state index contributed by atoms with van der Waals surface area (Å²) in [6, 6.07) is 14.8. The molecule has 0 spiro atoms. The Morgan fingerprint density at radius 3 is 2.06 bits per heavy atom. The second-order valence-electron chi connectivity index (χ2n) is 10.3. The number of hydrogen-bond acceptors (Lipinski definition) is 6. The van der Waals surface area contributed by atoms with Crippen molar-refractivity contribution in [3.8, 4) is 0 Å². The first-order valence-electron chi connectivity index (χ1n) is 11.6. The Bertz CT molecular complexity index is 922. The number of unbranched alkanes of at least 4 members (excludes halogenated alkanes) is 2. The second-order valence-corrected chi connectivity index (χ2v) is 10.3. The van der Waals surface area contributed by atoms with E-state index < -0.39 is 35.3 Å². The maximum absolute atomic E-state index is 12.6. The molecule has 0 aliphatic rings. The first-order chi connectivity index (χ1) is 15.4. The Kier molecular flexibility index (Phi) is 9.44. The van der Waals surface area contributed by atoms with Crippen molar-refractivity contribution in [2.24, 2.45) is 0 Å². The van der Waals surface area contributed by atoms with Crippen molar-refractivity contribution in [3.63, 3.8) is 0 Å². The molecule has 2 atom stereocenters. The summed E-state index contributed by atoms with van der Waals surface area (Å²) in [5, 5.41) is 12.9. The summed E-state index contributed by atoms with van der Waals surface area (Å²) in [7, 11) is 0. The van der Waals surface area contributed by atoms with Gasteiger partial charge in [0.1, 0.15) is 11.2 Å². The van der Waals surface area contributed by atoms with Gasteiger partial charge in [0.05, 0.1) is 0 Å². The van der Waals surface area contributed by atoms with Gasteiger partial charge in [-0.25, -0.2) is 9.59 Å². The Balaban J connectivity index is 1.86. The molecular formula is C27H38O6. The minimum Gasteiger partial charge on any atom is -0.458 e. The number of fused-ring (bicyclic) bond motifs is 1. The molecule has 182 valence electrons. The lowest BCUT2D eigenvalue weighted by Gasteiger charge is -2.28. The maximum Gasteiger partial charge on any atom is 0.339 e. The highest BCUT2D eigenvalue weighted by Crippen LogP contribution is 2.18. The van der Waals surface area contributed by atoms with Gasteiger partial charge in [-0.3, -0.25) is 0 Å². The van der Waals surface area contributed by atoms with Crippen LogP contribution in [-0.2, 0) is 30.2 Å². The van der Waals surface area contributed by atoms with E-state index in [0.717, 1.165) is 19.3 Å². The van der Waals surface area contributed by atoms with Gasteiger partial charge in [0.15, 0.2) is 12.2 Å². The first-order valence-corrected chi connectivity index (χ1v) is 11.6. The van der Waals surface area contributed by atoms with Crippen molar-refractivity contribution < 1.29 is 28.9 Å². The zero-order chi connectivity index (χ0) is 24.6. The minimum absolute atomic E-state index is 0.224. The fourth-order valence-electron chi connectivity index (χ4n) is 3.35. The number of aryl methyl sites for hydroxylation is 1. The largest absolute Gasteiger partial charge is 0.458 e. The number of benzene rings is 2. The third-order valence-electron chi connectivity index (χ3n) is 4.80. The van der Waals surface area contributed by atoms with Crippen LogP contribution in [0.5, 0.6) is 0 Å². The summed E-state index contributed by atoms with van der Waals surface area (Å²) in [5.74, 6) is -1.69. The summed E-state index contributed by atoms with van der Waals surface area (Å²) in [6.45, 7) is 10.4.